The Morgan fingerprint density at radius 2 is 1.88 bits per heavy atom. The molecule has 2 aromatic rings. The molecule has 2 aromatic carbocycles. The van der Waals surface area contributed by atoms with Crippen molar-refractivity contribution in [3.05, 3.63) is 54.1 Å². The van der Waals surface area contributed by atoms with E-state index in [1.165, 1.54) is 7.11 Å². The van der Waals surface area contributed by atoms with Gasteiger partial charge in [-0.3, -0.25) is 9.10 Å². The molecule has 0 radical (unpaired) electrons. The van der Waals surface area contributed by atoms with Crippen molar-refractivity contribution in [2.24, 2.45) is 0 Å². The summed E-state index contributed by atoms with van der Waals surface area (Å²) in [4.78, 5) is 12.3. The maximum absolute atomic E-state index is 12.3. The third kappa shape index (κ3) is 4.73. The Morgan fingerprint density at radius 1 is 1.17 bits per heavy atom. The number of ether oxygens (including phenoxy) is 1. The molecule has 7 heteroatoms. The van der Waals surface area contributed by atoms with Crippen molar-refractivity contribution in [2.45, 2.75) is 6.92 Å². The zero-order chi connectivity index (χ0) is 17.7. The summed E-state index contributed by atoms with van der Waals surface area (Å²) in [5.41, 5.74) is 1.91. The highest BCUT2D eigenvalue weighted by Gasteiger charge is 2.21. The van der Waals surface area contributed by atoms with Gasteiger partial charge in [0.15, 0.2) is 0 Å². The minimum absolute atomic E-state index is 0.306. The van der Waals surface area contributed by atoms with Gasteiger partial charge < -0.3 is 10.1 Å². The van der Waals surface area contributed by atoms with Crippen LogP contribution in [0.5, 0.6) is 5.75 Å². The molecule has 2 rings (SSSR count). The van der Waals surface area contributed by atoms with Crippen LogP contribution in [-0.4, -0.2) is 34.2 Å². The molecular formula is C17H20N2O4S. The monoisotopic (exact) mass is 348 g/mol. The quantitative estimate of drug-likeness (QED) is 0.870. The first-order chi connectivity index (χ1) is 11.3. The van der Waals surface area contributed by atoms with E-state index >= 15 is 0 Å². The molecule has 0 spiro atoms. The number of rotatable bonds is 6. The van der Waals surface area contributed by atoms with Crippen LogP contribution in [0, 0.1) is 6.92 Å². The molecule has 0 bridgehead atoms. The molecule has 0 aliphatic heterocycles. The number of benzene rings is 2. The Hall–Kier alpha value is -2.54. The normalized spacial score (nSPS) is 11.0. The van der Waals surface area contributed by atoms with Gasteiger partial charge in [0.25, 0.3) is 0 Å². The minimum Gasteiger partial charge on any atom is -0.497 e. The lowest BCUT2D eigenvalue weighted by molar-refractivity contribution is -0.114. The SMILES string of the molecule is COc1cccc(NC(=O)CN(c2cccc(C)c2)S(C)(=O)=O)c1. The highest BCUT2D eigenvalue weighted by molar-refractivity contribution is 7.92. The first kappa shape index (κ1) is 17.8. The third-order valence-electron chi connectivity index (χ3n) is 3.33. The van der Waals surface area contributed by atoms with E-state index in [-0.39, 0.29) is 6.54 Å². The summed E-state index contributed by atoms with van der Waals surface area (Å²) in [5.74, 6) is 0.168. The Bertz CT molecular complexity index is 834. The predicted octanol–water partition coefficient (Wildman–Crippen LogP) is 2.41. The molecular weight excluding hydrogens is 328 g/mol. The van der Waals surface area contributed by atoms with Gasteiger partial charge in [0.1, 0.15) is 12.3 Å². The van der Waals surface area contributed by atoms with Gasteiger partial charge in [-0.25, -0.2) is 8.42 Å². The molecule has 1 N–H and O–H groups in total. The number of amides is 1. The average Bonchev–Trinajstić information content (AvgIpc) is 2.51. The Morgan fingerprint density at radius 3 is 2.50 bits per heavy atom. The smallest absolute Gasteiger partial charge is 0.245 e. The van der Waals surface area contributed by atoms with Gasteiger partial charge in [0.05, 0.1) is 19.1 Å². The molecule has 0 aromatic heterocycles. The van der Waals surface area contributed by atoms with Gasteiger partial charge in [-0.1, -0.05) is 18.2 Å². The summed E-state index contributed by atoms with van der Waals surface area (Å²) in [7, 11) is -2.06. The van der Waals surface area contributed by atoms with Crippen LogP contribution in [0.3, 0.4) is 0 Å². The van der Waals surface area contributed by atoms with Crippen molar-refractivity contribution in [1.82, 2.24) is 0 Å². The number of hydrogen-bond donors (Lipinski definition) is 1. The molecule has 0 atom stereocenters. The Balaban J connectivity index is 2.19. The number of hydrogen-bond acceptors (Lipinski definition) is 4. The van der Waals surface area contributed by atoms with Crippen LogP contribution in [0.2, 0.25) is 0 Å². The number of carbonyl (C=O) groups excluding carboxylic acids is 1. The maximum Gasteiger partial charge on any atom is 0.245 e. The largest absolute Gasteiger partial charge is 0.497 e. The fourth-order valence-electron chi connectivity index (χ4n) is 2.21. The zero-order valence-electron chi connectivity index (χ0n) is 13.8. The molecule has 0 saturated heterocycles. The second kappa shape index (κ2) is 7.35. The van der Waals surface area contributed by atoms with E-state index in [0.29, 0.717) is 17.1 Å². The van der Waals surface area contributed by atoms with Gasteiger partial charge in [-0.2, -0.15) is 0 Å². The number of nitrogens with one attached hydrogen (secondary N) is 1. The highest BCUT2D eigenvalue weighted by atomic mass is 32.2. The topological polar surface area (TPSA) is 75.7 Å². The molecule has 6 nitrogen and oxygen atoms in total. The fourth-order valence-corrected chi connectivity index (χ4v) is 3.06. The molecule has 128 valence electrons. The van der Waals surface area contributed by atoms with Crippen LogP contribution in [0.4, 0.5) is 11.4 Å². The van der Waals surface area contributed by atoms with Gasteiger partial charge >= 0.3 is 0 Å². The average molecular weight is 348 g/mol. The third-order valence-corrected chi connectivity index (χ3v) is 4.47. The van der Waals surface area contributed by atoms with Crippen molar-refractivity contribution in [2.75, 3.05) is 29.5 Å². The molecule has 0 unspecified atom stereocenters. The summed E-state index contributed by atoms with van der Waals surface area (Å²) in [6, 6.07) is 13.9. The second-order valence-electron chi connectivity index (χ2n) is 5.39. The lowest BCUT2D eigenvalue weighted by Gasteiger charge is -2.22. The first-order valence-electron chi connectivity index (χ1n) is 7.28. The molecule has 0 saturated carbocycles. The number of nitrogens with zero attached hydrogens (tertiary/aromatic N) is 1. The predicted molar refractivity (Wildman–Crippen MR) is 95.0 cm³/mol. The molecule has 0 aliphatic carbocycles. The molecule has 24 heavy (non-hydrogen) atoms. The van der Waals surface area contributed by atoms with Crippen molar-refractivity contribution in [3.63, 3.8) is 0 Å². The van der Waals surface area contributed by atoms with Crippen LogP contribution >= 0.6 is 0 Å². The van der Waals surface area contributed by atoms with Crippen LogP contribution < -0.4 is 14.4 Å². The van der Waals surface area contributed by atoms with Gasteiger partial charge in [0.2, 0.25) is 15.9 Å². The standard InChI is InChI=1S/C17H20N2O4S/c1-13-6-4-8-15(10-13)19(24(3,21)22)12-17(20)18-14-7-5-9-16(11-14)23-2/h4-11H,12H2,1-3H3,(H,18,20). The maximum atomic E-state index is 12.3. The number of sulfonamides is 1. The minimum atomic E-state index is -3.59. The van der Waals surface area contributed by atoms with E-state index in [9.17, 15) is 13.2 Å². The van der Waals surface area contributed by atoms with Crippen molar-refractivity contribution in [3.8, 4) is 5.75 Å². The summed E-state index contributed by atoms with van der Waals surface area (Å²) in [6.07, 6.45) is 1.08. The van der Waals surface area contributed by atoms with E-state index in [2.05, 4.69) is 5.32 Å². The van der Waals surface area contributed by atoms with Gasteiger partial charge in [0, 0.05) is 11.8 Å². The number of anilines is 2. The van der Waals surface area contributed by atoms with Crippen molar-refractivity contribution >= 4 is 27.3 Å². The summed E-state index contributed by atoms with van der Waals surface area (Å²) < 4.78 is 30.3. The number of methoxy groups -OCH3 is 1. The zero-order valence-corrected chi connectivity index (χ0v) is 14.6. The summed E-state index contributed by atoms with van der Waals surface area (Å²) in [5, 5.41) is 2.68. The number of carbonyl (C=O) groups is 1. The van der Waals surface area contributed by atoms with E-state index in [1.54, 1.807) is 42.5 Å². The van der Waals surface area contributed by atoms with Crippen LogP contribution in [0.25, 0.3) is 0 Å². The van der Waals surface area contributed by atoms with E-state index < -0.39 is 15.9 Å². The molecule has 1 amide bonds. The Kier molecular flexibility index (Phi) is 5.46. The van der Waals surface area contributed by atoms with Gasteiger partial charge in [-0.15, -0.1) is 0 Å². The van der Waals surface area contributed by atoms with Crippen molar-refractivity contribution < 1.29 is 17.9 Å². The Labute approximate surface area is 142 Å². The lowest BCUT2D eigenvalue weighted by Crippen LogP contribution is -2.37. The summed E-state index contributed by atoms with van der Waals surface area (Å²) >= 11 is 0. The second-order valence-corrected chi connectivity index (χ2v) is 7.30. The van der Waals surface area contributed by atoms with Crippen LogP contribution in [0.1, 0.15) is 5.56 Å². The van der Waals surface area contributed by atoms with Crippen molar-refractivity contribution in [1.29, 1.82) is 0 Å². The number of aryl methyl sites for hydroxylation is 1. The molecule has 0 fully saturated rings. The lowest BCUT2D eigenvalue weighted by atomic mass is 10.2. The van der Waals surface area contributed by atoms with Crippen LogP contribution in [0.15, 0.2) is 48.5 Å². The molecule has 0 aliphatic rings. The first-order valence-corrected chi connectivity index (χ1v) is 9.13. The van der Waals surface area contributed by atoms with Gasteiger partial charge in [-0.05, 0) is 36.8 Å². The van der Waals surface area contributed by atoms with E-state index in [1.807, 2.05) is 13.0 Å². The van der Waals surface area contributed by atoms with E-state index in [0.717, 1.165) is 16.1 Å². The highest BCUT2D eigenvalue weighted by Crippen LogP contribution is 2.20. The van der Waals surface area contributed by atoms with Crippen LogP contribution in [-0.2, 0) is 14.8 Å². The molecule has 0 heterocycles. The summed E-state index contributed by atoms with van der Waals surface area (Å²) in [6.45, 7) is 1.56. The van der Waals surface area contributed by atoms with E-state index in [4.69, 9.17) is 4.74 Å². The fraction of sp³-hybridized carbons (Fsp3) is 0.235.